The Balaban J connectivity index is 4.29. The minimum absolute atomic E-state index is 0.00976. The molecule has 0 fully saturated rings. The van der Waals surface area contributed by atoms with Gasteiger partial charge in [-0.05, 0) is 104 Å². The first-order valence-corrected chi connectivity index (χ1v) is 22.4. The summed E-state index contributed by atoms with van der Waals surface area (Å²) in [7, 11) is 0. The van der Waals surface area contributed by atoms with E-state index in [9.17, 15) is 5.11 Å². The zero-order valence-corrected chi connectivity index (χ0v) is 40.1. The van der Waals surface area contributed by atoms with Crippen LogP contribution in [-0.2, 0) is 38.7 Å². The molecule has 0 aromatic heterocycles. The summed E-state index contributed by atoms with van der Waals surface area (Å²) in [6, 6.07) is 0. The standard InChI is InChI=1S/C45H76O17/c1-16-47-34-31(35(48-17-2)39(52-21-6)33(46)38(34)51-20-5)43(44(55-24-9,56-25-10)57-26-11,45(58-27-12,59-28-13)60-29-14)32-36(49-18-3)40(53-22-7)42(62-61-30-15)41(54-23-8)37(32)50-19-4/h46H,16-30H2,1-15H3. The lowest BCUT2D eigenvalue weighted by molar-refractivity contribution is -0.491. The summed E-state index contributed by atoms with van der Waals surface area (Å²) >= 11 is 0. The molecular weight excluding hydrogens is 812 g/mol. The summed E-state index contributed by atoms with van der Waals surface area (Å²) in [5, 5.41) is 12.3. The number of ether oxygens (including phenoxy) is 14. The normalized spacial score (nSPS) is 12.0. The van der Waals surface area contributed by atoms with E-state index in [0.29, 0.717) is 0 Å². The number of rotatable bonds is 35. The van der Waals surface area contributed by atoms with Gasteiger partial charge in [-0.3, -0.25) is 0 Å². The minimum atomic E-state index is -2.44. The van der Waals surface area contributed by atoms with Crippen molar-refractivity contribution in [3.05, 3.63) is 11.1 Å². The van der Waals surface area contributed by atoms with E-state index in [4.69, 9.17) is 76.1 Å². The zero-order valence-electron chi connectivity index (χ0n) is 40.1. The molecule has 0 aliphatic rings. The summed E-state index contributed by atoms with van der Waals surface area (Å²) in [6.45, 7) is 27.4. The van der Waals surface area contributed by atoms with Gasteiger partial charge in [0.25, 0.3) is 5.75 Å². The Bertz CT molecular complexity index is 1470. The van der Waals surface area contributed by atoms with Crippen molar-refractivity contribution >= 4 is 0 Å². The second-order valence-corrected chi connectivity index (χ2v) is 12.5. The van der Waals surface area contributed by atoms with Gasteiger partial charge in [0.15, 0.2) is 28.4 Å². The second kappa shape index (κ2) is 27.4. The lowest BCUT2D eigenvalue weighted by atomic mass is 9.66. The summed E-state index contributed by atoms with van der Waals surface area (Å²) < 4.78 is 94.7. The van der Waals surface area contributed by atoms with Gasteiger partial charge in [-0.25, -0.2) is 0 Å². The Hall–Kier alpha value is -3.84. The molecule has 2 rings (SSSR count). The van der Waals surface area contributed by atoms with Gasteiger partial charge >= 0.3 is 11.9 Å². The molecule has 2 aromatic carbocycles. The molecule has 0 radical (unpaired) electrons. The number of aromatic hydroxyl groups is 1. The van der Waals surface area contributed by atoms with Crippen LogP contribution in [0.1, 0.15) is 115 Å². The molecule has 1 N–H and O–H groups in total. The molecule has 17 heteroatoms. The van der Waals surface area contributed by atoms with E-state index in [-0.39, 0.29) is 162 Å². The molecule has 358 valence electrons. The largest absolute Gasteiger partial charge is 0.501 e. The zero-order chi connectivity index (χ0) is 46.3. The molecule has 0 unspecified atom stereocenters. The van der Waals surface area contributed by atoms with Crippen molar-refractivity contribution in [1.29, 1.82) is 0 Å². The Labute approximate surface area is 369 Å². The van der Waals surface area contributed by atoms with Crippen LogP contribution in [0.2, 0.25) is 0 Å². The van der Waals surface area contributed by atoms with E-state index >= 15 is 0 Å². The van der Waals surface area contributed by atoms with E-state index in [1.165, 1.54) is 0 Å². The van der Waals surface area contributed by atoms with Crippen molar-refractivity contribution in [2.45, 2.75) is 121 Å². The highest BCUT2D eigenvalue weighted by atomic mass is 17.2. The van der Waals surface area contributed by atoms with Crippen LogP contribution in [0, 0.1) is 0 Å². The van der Waals surface area contributed by atoms with Crippen LogP contribution in [0.3, 0.4) is 0 Å². The number of phenols is 1. The van der Waals surface area contributed by atoms with Crippen LogP contribution < -0.4 is 42.8 Å². The van der Waals surface area contributed by atoms with Crippen molar-refractivity contribution in [2.24, 2.45) is 0 Å². The van der Waals surface area contributed by atoms with Gasteiger partial charge in [0.2, 0.25) is 28.7 Å². The molecule has 0 aliphatic heterocycles. The molecule has 0 aliphatic carbocycles. The van der Waals surface area contributed by atoms with Crippen molar-refractivity contribution in [3.63, 3.8) is 0 Å². The first-order chi connectivity index (χ1) is 30.1. The molecule has 17 nitrogen and oxygen atoms in total. The molecular formula is C45H76O17. The fourth-order valence-electron chi connectivity index (χ4n) is 7.36. The third-order valence-corrected chi connectivity index (χ3v) is 8.82. The molecule has 0 saturated carbocycles. The number of hydrogen-bond acceptors (Lipinski definition) is 17. The van der Waals surface area contributed by atoms with Gasteiger partial charge in [-0.2, -0.15) is 4.89 Å². The minimum Gasteiger partial charge on any atom is -0.501 e. The molecule has 62 heavy (non-hydrogen) atoms. The van der Waals surface area contributed by atoms with Crippen LogP contribution in [0.5, 0.6) is 57.5 Å². The summed E-state index contributed by atoms with van der Waals surface area (Å²) in [5.74, 6) is -5.46. The number of hydrogen-bond donors (Lipinski definition) is 1. The smallest absolute Gasteiger partial charge is 0.306 e. The maximum atomic E-state index is 12.3. The number of benzene rings is 2. The molecule has 0 amide bonds. The molecule has 0 bridgehead atoms. The highest BCUT2D eigenvalue weighted by Gasteiger charge is 2.77. The maximum absolute atomic E-state index is 12.3. The van der Waals surface area contributed by atoms with E-state index in [0.717, 1.165) is 0 Å². The summed E-state index contributed by atoms with van der Waals surface area (Å²) in [5.41, 5.74) is -2.39. The fraction of sp³-hybridized carbons (Fsp3) is 0.733. The SMILES string of the molecule is CCOOc1c(OCC)c(OCC)c(C(c2c(OCC)c(OCC)c(O)c(OCC)c2OCC)(C(OCC)(OCC)OCC)C(OCC)(OCC)OCC)c(OCC)c1OCC. The lowest BCUT2D eigenvalue weighted by Gasteiger charge is -2.56. The molecule has 0 heterocycles. The van der Waals surface area contributed by atoms with Gasteiger partial charge in [-0.15, -0.1) is 0 Å². The first kappa shape index (κ1) is 54.3. The number of phenolic OH excluding ortho intramolecular Hbond substituents is 1. The molecule has 0 spiro atoms. The Morgan fingerprint density at radius 3 is 0.774 bits per heavy atom. The van der Waals surface area contributed by atoms with Crippen LogP contribution in [0.25, 0.3) is 0 Å². The average Bonchev–Trinajstić information content (AvgIpc) is 3.24. The molecule has 0 saturated heterocycles. The van der Waals surface area contributed by atoms with Crippen LogP contribution in [-0.4, -0.2) is 116 Å². The van der Waals surface area contributed by atoms with Crippen molar-refractivity contribution in [2.75, 3.05) is 99.1 Å². The van der Waals surface area contributed by atoms with Gasteiger partial charge in [-0.1, -0.05) is 0 Å². The van der Waals surface area contributed by atoms with Gasteiger partial charge in [0.1, 0.15) is 0 Å². The van der Waals surface area contributed by atoms with Crippen LogP contribution >= 0.6 is 0 Å². The Kier molecular flexibility index (Phi) is 24.0. The first-order valence-electron chi connectivity index (χ1n) is 22.4. The third kappa shape index (κ3) is 10.7. The highest BCUT2D eigenvalue weighted by molar-refractivity contribution is 5.79. The predicted octanol–water partition coefficient (Wildman–Crippen LogP) is 8.72. The van der Waals surface area contributed by atoms with Crippen LogP contribution in [0.15, 0.2) is 0 Å². The summed E-state index contributed by atoms with van der Waals surface area (Å²) in [4.78, 5) is 11.7. The van der Waals surface area contributed by atoms with Crippen molar-refractivity contribution in [1.82, 2.24) is 0 Å². The predicted molar refractivity (Wildman–Crippen MR) is 232 cm³/mol. The highest BCUT2D eigenvalue weighted by Crippen LogP contribution is 2.70. The summed E-state index contributed by atoms with van der Waals surface area (Å²) in [6.07, 6.45) is 0. The van der Waals surface area contributed by atoms with E-state index in [1.54, 1.807) is 90.0 Å². The average molecular weight is 889 g/mol. The fourth-order valence-corrected chi connectivity index (χ4v) is 7.36. The van der Waals surface area contributed by atoms with E-state index in [1.807, 2.05) is 13.8 Å². The van der Waals surface area contributed by atoms with E-state index in [2.05, 4.69) is 0 Å². The van der Waals surface area contributed by atoms with Gasteiger partial charge < -0.3 is 76.3 Å². The molecule has 2 aromatic rings. The Morgan fingerprint density at radius 1 is 0.290 bits per heavy atom. The Morgan fingerprint density at radius 2 is 0.532 bits per heavy atom. The second-order valence-electron chi connectivity index (χ2n) is 12.5. The topological polar surface area (TPSA) is 168 Å². The van der Waals surface area contributed by atoms with Crippen LogP contribution in [0.4, 0.5) is 0 Å². The third-order valence-electron chi connectivity index (χ3n) is 8.82. The maximum Gasteiger partial charge on any atom is 0.306 e. The molecule has 0 atom stereocenters. The quantitative estimate of drug-likeness (QED) is 0.0396. The van der Waals surface area contributed by atoms with Crippen molar-refractivity contribution in [3.8, 4) is 57.5 Å². The van der Waals surface area contributed by atoms with Crippen molar-refractivity contribution < 1.29 is 81.2 Å². The lowest BCUT2D eigenvalue weighted by Crippen LogP contribution is -2.72. The van der Waals surface area contributed by atoms with E-state index < -0.39 is 23.1 Å². The van der Waals surface area contributed by atoms with Gasteiger partial charge in [0, 0.05) is 39.6 Å². The monoisotopic (exact) mass is 889 g/mol. The van der Waals surface area contributed by atoms with Gasteiger partial charge in [0.05, 0.1) is 70.6 Å².